The summed E-state index contributed by atoms with van der Waals surface area (Å²) in [6.07, 6.45) is 1.44. The zero-order valence-electron chi connectivity index (χ0n) is 10.5. The number of pyridine rings is 1. The van der Waals surface area contributed by atoms with E-state index >= 15 is 0 Å². The number of nitrogens with one attached hydrogen (secondary N) is 2. The molecule has 0 bridgehead atoms. The Morgan fingerprint density at radius 2 is 1.85 bits per heavy atom. The monoisotopic (exact) mass is 271 g/mol. The SMILES string of the molecule is O=C(CNC(=O)c1ccccc1)Nc1ncccc1O. The van der Waals surface area contributed by atoms with Crippen LogP contribution in [0.2, 0.25) is 0 Å². The molecular weight excluding hydrogens is 258 g/mol. The van der Waals surface area contributed by atoms with Gasteiger partial charge in [0.25, 0.3) is 5.91 Å². The Morgan fingerprint density at radius 3 is 2.55 bits per heavy atom. The number of benzene rings is 1. The first-order valence-electron chi connectivity index (χ1n) is 5.94. The highest BCUT2D eigenvalue weighted by Crippen LogP contribution is 2.17. The smallest absolute Gasteiger partial charge is 0.251 e. The second kappa shape index (κ2) is 6.33. The van der Waals surface area contributed by atoms with Crippen molar-refractivity contribution >= 4 is 17.6 Å². The molecule has 1 heterocycles. The van der Waals surface area contributed by atoms with Crippen molar-refractivity contribution in [3.8, 4) is 5.75 Å². The Bertz CT molecular complexity index is 614. The van der Waals surface area contributed by atoms with Gasteiger partial charge in [0, 0.05) is 11.8 Å². The number of amides is 2. The summed E-state index contributed by atoms with van der Waals surface area (Å²) >= 11 is 0. The molecule has 0 fully saturated rings. The minimum Gasteiger partial charge on any atom is -0.504 e. The molecule has 1 aromatic heterocycles. The summed E-state index contributed by atoms with van der Waals surface area (Å²) in [6, 6.07) is 11.5. The number of hydrogen-bond donors (Lipinski definition) is 3. The standard InChI is InChI=1S/C14H13N3O3/c18-11-7-4-8-15-13(11)17-12(19)9-16-14(20)10-5-2-1-3-6-10/h1-8,18H,9H2,(H,16,20)(H,15,17,19). The molecule has 102 valence electrons. The highest BCUT2D eigenvalue weighted by molar-refractivity contribution is 5.99. The van der Waals surface area contributed by atoms with E-state index in [0.29, 0.717) is 5.56 Å². The highest BCUT2D eigenvalue weighted by atomic mass is 16.3. The molecule has 3 N–H and O–H groups in total. The van der Waals surface area contributed by atoms with Gasteiger partial charge in [0.15, 0.2) is 11.6 Å². The molecule has 0 aliphatic carbocycles. The molecule has 0 spiro atoms. The molecule has 1 aromatic carbocycles. The first-order valence-corrected chi connectivity index (χ1v) is 5.94. The third kappa shape index (κ3) is 3.55. The van der Waals surface area contributed by atoms with E-state index in [-0.39, 0.29) is 24.0 Å². The van der Waals surface area contributed by atoms with Crippen LogP contribution in [-0.4, -0.2) is 28.4 Å². The van der Waals surface area contributed by atoms with Crippen LogP contribution in [0.25, 0.3) is 0 Å². The first-order chi connectivity index (χ1) is 9.66. The number of rotatable bonds is 4. The third-order valence-electron chi connectivity index (χ3n) is 2.49. The fourth-order valence-electron chi connectivity index (χ4n) is 1.52. The van der Waals surface area contributed by atoms with Gasteiger partial charge in [0.2, 0.25) is 5.91 Å². The molecule has 2 rings (SSSR count). The molecular formula is C14H13N3O3. The molecule has 0 aliphatic heterocycles. The van der Waals surface area contributed by atoms with Crippen molar-refractivity contribution < 1.29 is 14.7 Å². The summed E-state index contributed by atoms with van der Waals surface area (Å²) in [4.78, 5) is 27.1. The molecule has 0 radical (unpaired) electrons. The molecule has 0 aliphatic rings. The van der Waals surface area contributed by atoms with Crippen LogP contribution in [0.3, 0.4) is 0 Å². The molecule has 2 amide bonds. The number of carbonyl (C=O) groups excluding carboxylic acids is 2. The van der Waals surface area contributed by atoms with Crippen LogP contribution in [0, 0.1) is 0 Å². The van der Waals surface area contributed by atoms with Crippen LogP contribution in [0.1, 0.15) is 10.4 Å². The minimum atomic E-state index is -0.469. The number of hydrogen-bond acceptors (Lipinski definition) is 4. The summed E-state index contributed by atoms with van der Waals surface area (Å²) in [5, 5.41) is 14.3. The van der Waals surface area contributed by atoms with E-state index in [1.165, 1.54) is 12.3 Å². The lowest BCUT2D eigenvalue weighted by molar-refractivity contribution is -0.115. The Hall–Kier alpha value is -2.89. The van der Waals surface area contributed by atoms with E-state index in [1.54, 1.807) is 36.4 Å². The van der Waals surface area contributed by atoms with Gasteiger partial charge in [0.05, 0.1) is 6.54 Å². The van der Waals surface area contributed by atoms with Crippen molar-refractivity contribution in [2.45, 2.75) is 0 Å². The maximum atomic E-state index is 11.7. The second-order valence-corrected chi connectivity index (χ2v) is 3.97. The molecule has 0 saturated carbocycles. The summed E-state index contributed by atoms with van der Waals surface area (Å²) in [5.74, 6) is -0.879. The van der Waals surface area contributed by atoms with Crippen LogP contribution >= 0.6 is 0 Å². The largest absolute Gasteiger partial charge is 0.504 e. The van der Waals surface area contributed by atoms with Crippen molar-refractivity contribution in [3.05, 3.63) is 54.2 Å². The van der Waals surface area contributed by atoms with Crippen LogP contribution in [0.4, 0.5) is 5.82 Å². The lowest BCUT2D eigenvalue weighted by Gasteiger charge is -2.07. The van der Waals surface area contributed by atoms with Gasteiger partial charge in [-0.05, 0) is 24.3 Å². The number of aromatic hydroxyl groups is 1. The maximum absolute atomic E-state index is 11.7. The van der Waals surface area contributed by atoms with Crippen molar-refractivity contribution in [1.82, 2.24) is 10.3 Å². The van der Waals surface area contributed by atoms with Crippen LogP contribution in [-0.2, 0) is 4.79 Å². The van der Waals surface area contributed by atoms with Crippen LogP contribution in [0.15, 0.2) is 48.7 Å². The summed E-state index contributed by atoms with van der Waals surface area (Å²) in [5.41, 5.74) is 0.473. The molecule has 0 saturated heterocycles. The number of nitrogens with zero attached hydrogens (tertiary/aromatic N) is 1. The Balaban J connectivity index is 1.87. The lowest BCUT2D eigenvalue weighted by atomic mass is 10.2. The molecule has 0 unspecified atom stereocenters. The zero-order valence-corrected chi connectivity index (χ0v) is 10.5. The van der Waals surface area contributed by atoms with Gasteiger partial charge in [-0.25, -0.2) is 4.98 Å². The third-order valence-corrected chi connectivity index (χ3v) is 2.49. The van der Waals surface area contributed by atoms with Gasteiger partial charge in [0.1, 0.15) is 0 Å². The van der Waals surface area contributed by atoms with E-state index in [1.807, 2.05) is 0 Å². The van der Waals surface area contributed by atoms with Crippen molar-refractivity contribution in [2.75, 3.05) is 11.9 Å². The fraction of sp³-hybridized carbons (Fsp3) is 0.0714. The normalized spacial score (nSPS) is 9.80. The average molecular weight is 271 g/mol. The van der Waals surface area contributed by atoms with Gasteiger partial charge < -0.3 is 15.7 Å². The quantitative estimate of drug-likeness (QED) is 0.778. The van der Waals surface area contributed by atoms with Crippen molar-refractivity contribution in [3.63, 3.8) is 0 Å². The van der Waals surface area contributed by atoms with Gasteiger partial charge in [-0.15, -0.1) is 0 Å². The highest BCUT2D eigenvalue weighted by Gasteiger charge is 2.09. The maximum Gasteiger partial charge on any atom is 0.251 e. The van der Waals surface area contributed by atoms with E-state index in [0.717, 1.165) is 0 Å². The number of anilines is 1. The van der Waals surface area contributed by atoms with Crippen LogP contribution < -0.4 is 10.6 Å². The molecule has 6 nitrogen and oxygen atoms in total. The molecule has 2 aromatic rings. The lowest BCUT2D eigenvalue weighted by Crippen LogP contribution is -2.33. The summed E-state index contributed by atoms with van der Waals surface area (Å²) < 4.78 is 0. The topological polar surface area (TPSA) is 91.3 Å². The summed E-state index contributed by atoms with van der Waals surface area (Å²) in [7, 11) is 0. The molecule has 0 atom stereocenters. The second-order valence-electron chi connectivity index (χ2n) is 3.97. The minimum absolute atomic E-state index is 0.0615. The average Bonchev–Trinajstić information content (AvgIpc) is 2.48. The van der Waals surface area contributed by atoms with Gasteiger partial charge in [-0.2, -0.15) is 0 Å². The van der Waals surface area contributed by atoms with Gasteiger partial charge >= 0.3 is 0 Å². The number of aromatic nitrogens is 1. The van der Waals surface area contributed by atoms with Gasteiger partial charge in [-0.3, -0.25) is 9.59 Å². The van der Waals surface area contributed by atoms with E-state index in [9.17, 15) is 14.7 Å². The van der Waals surface area contributed by atoms with Crippen molar-refractivity contribution in [2.24, 2.45) is 0 Å². The Morgan fingerprint density at radius 1 is 1.10 bits per heavy atom. The zero-order chi connectivity index (χ0) is 14.4. The molecule has 20 heavy (non-hydrogen) atoms. The van der Waals surface area contributed by atoms with E-state index in [4.69, 9.17) is 0 Å². The summed E-state index contributed by atoms with van der Waals surface area (Å²) in [6.45, 7) is -0.205. The van der Waals surface area contributed by atoms with Crippen LogP contribution in [0.5, 0.6) is 5.75 Å². The molecule has 6 heteroatoms. The Labute approximate surface area is 115 Å². The predicted molar refractivity (Wildman–Crippen MR) is 73.3 cm³/mol. The van der Waals surface area contributed by atoms with Crippen molar-refractivity contribution in [1.29, 1.82) is 0 Å². The van der Waals surface area contributed by atoms with E-state index in [2.05, 4.69) is 15.6 Å². The fourth-order valence-corrected chi connectivity index (χ4v) is 1.52. The van der Waals surface area contributed by atoms with E-state index < -0.39 is 5.91 Å². The van der Waals surface area contributed by atoms with Gasteiger partial charge in [-0.1, -0.05) is 18.2 Å². The first kappa shape index (κ1) is 13.5. The number of carbonyl (C=O) groups is 2. The predicted octanol–water partition coefficient (Wildman–Crippen LogP) is 1.16. The Kier molecular flexibility index (Phi) is 4.28.